The number of anilines is 1. The number of sulfonamides is 1. The molecule has 0 saturated carbocycles. The lowest BCUT2D eigenvalue weighted by molar-refractivity contribution is -0.140. The molecule has 4 aromatic carbocycles. The fourth-order valence-electron chi connectivity index (χ4n) is 5.24. The van der Waals surface area contributed by atoms with E-state index in [0.717, 1.165) is 33.0 Å². The van der Waals surface area contributed by atoms with E-state index < -0.39 is 28.5 Å². The fraction of sp³-hybridized carbons (Fsp3) is 0.316. The highest BCUT2D eigenvalue weighted by molar-refractivity contribution is 7.92. The standard InChI is InChI=1S/C38H45N3O4S/c1-6-30(5)39-38(43)36(25-31-16-9-7-10-17-31)40(26-33-18-14-13-15-29(33)4)37(42)27-41(34-23-21-32(22-24-34)28(2)3)46(44,45)35-19-11-8-12-20-35/h7-24,28,30,36H,6,25-27H2,1-5H3,(H,39,43)/t30-,36+/m1/s1. The van der Waals surface area contributed by atoms with E-state index in [-0.39, 0.29) is 35.7 Å². The van der Waals surface area contributed by atoms with Crippen LogP contribution in [-0.2, 0) is 32.6 Å². The van der Waals surface area contributed by atoms with E-state index >= 15 is 0 Å². The van der Waals surface area contributed by atoms with Crippen molar-refractivity contribution in [1.82, 2.24) is 10.2 Å². The van der Waals surface area contributed by atoms with Gasteiger partial charge >= 0.3 is 0 Å². The maximum atomic E-state index is 14.6. The first-order valence-corrected chi connectivity index (χ1v) is 17.3. The van der Waals surface area contributed by atoms with Crippen molar-refractivity contribution in [3.63, 3.8) is 0 Å². The normalized spacial score (nSPS) is 12.7. The molecule has 0 aliphatic rings. The Labute approximate surface area is 274 Å². The van der Waals surface area contributed by atoms with Gasteiger partial charge in [0.15, 0.2) is 0 Å². The first-order chi connectivity index (χ1) is 22.0. The van der Waals surface area contributed by atoms with E-state index in [4.69, 9.17) is 0 Å². The Morgan fingerprint density at radius 3 is 1.96 bits per heavy atom. The van der Waals surface area contributed by atoms with Gasteiger partial charge < -0.3 is 10.2 Å². The van der Waals surface area contributed by atoms with Crippen LogP contribution in [0.3, 0.4) is 0 Å². The van der Waals surface area contributed by atoms with Crippen LogP contribution in [0.5, 0.6) is 0 Å². The Morgan fingerprint density at radius 1 is 0.783 bits per heavy atom. The summed E-state index contributed by atoms with van der Waals surface area (Å²) < 4.78 is 29.5. The number of amides is 2. The molecule has 4 rings (SSSR count). The van der Waals surface area contributed by atoms with Crippen LogP contribution in [0.15, 0.2) is 114 Å². The van der Waals surface area contributed by atoms with Gasteiger partial charge in [0.25, 0.3) is 10.0 Å². The topological polar surface area (TPSA) is 86.8 Å². The monoisotopic (exact) mass is 639 g/mol. The van der Waals surface area contributed by atoms with Crippen molar-refractivity contribution in [2.75, 3.05) is 10.8 Å². The molecule has 0 heterocycles. The summed E-state index contributed by atoms with van der Waals surface area (Å²) in [6.07, 6.45) is 1.00. The van der Waals surface area contributed by atoms with E-state index in [1.165, 1.54) is 12.1 Å². The van der Waals surface area contributed by atoms with Crippen molar-refractivity contribution >= 4 is 27.5 Å². The number of carbonyl (C=O) groups is 2. The molecule has 242 valence electrons. The second kappa shape index (κ2) is 15.7. The number of aryl methyl sites for hydroxylation is 1. The van der Waals surface area contributed by atoms with Gasteiger partial charge in [-0.2, -0.15) is 0 Å². The molecule has 0 bridgehead atoms. The van der Waals surface area contributed by atoms with E-state index in [1.54, 1.807) is 35.2 Å². The quantitative estimate of drug-likeness (QED) is 0.163. The summed E-state index contributed by atoms with van der Waals surface area (Å²) in [5.74, 6) is -0.503. The lowest BCUT2D eigenvalue weighted by Gasteiger charge is -2.34. The number of nitrogens with zero attached hydrogens (tertiary/aromatic N) is 2. The van der Waals surface area contributed by atoms with E-state index in [0.29, 0.717) is 5.69 Å². The zero-order valence-corrected chi connectivity index (χ0v) is 28.2. The zero-order valence-electron chi connectivity index (χ0n) is 27.4. The third-order valence-electron chi connectivity index (χ3n) is 8.33. The molecule has 0 aliphatic carbocycles. The number of carbonyl (C=O) groups excluding carboxylic acids is 2. The first kappa shape index (κ1) is 34.4. The molecule has 46 heavy (non-hydrogen) atoms. The van der Waals surface area contributed by atoms with Crippen molar-refractivity contribution in [2.45, 2.75) is 76.9 Å². The number of hydrogen-bond donors (Lipinski definition) is 1. The second-order valence-electron chi connectivity index (χ2n) is 12.0. The summed E-state index contributed by atoms with van der Waals surface area (Å²) in [5.41, 5.74) is 4.18. The zero-order chi connectivity index (χ0) is 33.3. The molecule has 2 atom stereocenters. The summed E-state index contributed by atoms with van der Waals surface area (Å²) in [5, 5.41) is 3.08. The number of rotatable bonds is 14. The summed E-state index contributed by atoms with van der Waals surface area (Å²) in [6, 6.07) is 31.7. The van der Waals surface area contributed by atoms with Gasteiger partial charge in [-0.15, -0.1) is 0 Å². The summed E-state index contributed by atoms with van der Waals surface area (Å²) >= 11 is 0. The Bertz CT molecular complexity index is 1690. The SMILES string of the molecule is CC[C@@H](C)NC(=O)[C@H](Cc1ccccc1)N(Cc1ccccc1C)C(=O)CN(c1ccc(C(C)C)cc1)S(=O)(=O)c1ccccc1. The average Bonchev–Trinajstić information content (AvgIpc) is 3.06. The molecule has 0 spiro atoms. The molecule has 4 aromatic rings. The number of hydrogen-bond acceptors (Lipinski definition) is 4. The van der Waals surface area contributed by atoms with Gasteiger partial charge in [-0.1, -0.05) is 106 Å². The smallest absolute Gasteiger partial charge is 0.264 e. The minimum atomic E-state index is -4.14. The molecule has 0 unspecified atom stereocenters. The van der Waals surface area contributed by atoms with Crippen LogP contribution in [0, 0.1) is 6.92 Å². The summed E-state index contributed by atoms with van der Waals surface area (Å²) in [7, 11) is -4.14. The molecule has 0 aromatic heterocycles. The number of benzene rings is 4. The van der Waals surface area contributed by atoms with Gasteiger partial charge in [0.1, 0.15) is 12.6 Å². The molecule has 1 N–H and O–H groups in total. The van der Waals surface area contributed by atoms with Gasteiger partial charge in [0.2, 0.25) is 11.8 Å². The van der Waals surface area contributed by atoms with Crippen molar-refractivity contribution in [3.05, 3.63) is 131 Å². The molecule has 0 saturated heterocycles. The molecule has 8 heteroatoms. The van der Waals surface area contributed by atoms with Crippen LogP contribution in [0.1, 0.15) is 62.3 Å². The first-order valence-electron chi connectivity index (χ1n) is 15.9. The Morgan fingerprint density at radius 2 is 1.37 bits per heavy atom. The molecule has 2 amide bonds. The van der Waals surface area contributed by atoms with Crippen LogP contribution < -0.4 is 9.62 Å². The van der Waals surface area contributed by atoms with Gasteiger partial charge in [-0.05, 0) is 72.7 Å². The maximum Gasteiger partial charge on any atom is 0.264 e. The average molecular weight is 640 g/mol. The van der Waals surface area contributed by atoms with E-state index in [1.807, 2.05) is 87.5 Å². The van der Waals surface area contributed by atoms with Crippen molar-refractivity contribution < 1.29 is 18.0 Å². The molecule has 0 fully saturated rings. The van der Waals surface area contributed by atoms with Crippen molar-refractivity contribution in [2.24, 2.45) is 0 Å². The highest BCUT2D eigenvalue weighted by Gasteiger charge is 2.35. The van der Waals surface area contributed by atoms with Crippen molar-refractivity contribution in [1.29, 1.82) is 0 Å². The highest BCUT2D eigenvalue weighted by atomic mass is 32.2. The Hall–Kier alpha value is -4.43. The predicted octanol–water partition coefficient (Wildman–Crippen LogP) is 6.87. The largest absolute Gasteiger partial charge is 0.352 e. The highest BCUT2D eigenvalue weighted by Crippen LogP contribution is 2.27. The van der Waals surface area contributed by atoms with Crippen LogP contribution in [0.4, 0.5) is 5.69 Å². The lowest BCUT2D eigenvalue weighted by atomic mass is 10.0. The number of nitrogens with one attached hydrogen (secondary N) is 1. The van der Waals surface area contributed by atoms with Crippen LogP contribution in [0.2, 0.25) is 0 Å². The van der Waals surface area contributed by atoms with Gasteiger partial charge in [0.05, 0.1) is 10.6 Å². The summed E-state index contributed by atoms with van der Waals surface area (Å²) in [6.45, 7) is 9.68. The van der Waals surface area contributed by atoms with Crippen LogP contribution in [-0.4, -0.2) is 43.8 Å². The predicted molar refractivity (Wildman–Crippen MR) is 185 cm³/mol. The molecule has 7 nitrogen and oxygen atoms in total. The molecule has 0 aliphatic heterocycles. The third-order valence-corrected chi connectivity index (χ3v) is 10.1. The summed E-state index contributed by atoms with van der Waals surface area (Å²) in [4.78, 5) is 30.2. The Kier molecular flexibility index (Phi) is 11.8. The van der Waals surface area contributed by atoms with Crippen LogP contribution in [0.25, 0.3) is 0 Å². The molecule has 0 radical (unpaired) electrons. The van der Waals surface area contributed by atoms with E-state index in [2.05, 4.69) is 19.2 Å². The van der Waals surface area contributed by atoms with Crippen molar-refractivity contribution in [3.8, 4) is 0 Å². The van der Waals surface area contributed by atoms with Gasteiger partial charge in [0, 0.05) is 19.0 Å². The third kappa shape index (κ3) is 8.63. The fourth-order valence-corrected chi connectivity index (χ4v) is 6.68. The van der Waals surface area contributed by atoms with E-state index in [9.17, 15) is 18.0 Å². The minimum Gasteiger partial charge on any atom is -0.352 e. The lowest BCUT2D eigenvalue weighted by Crippen LogP contribution is -2.54. The molecular formula is C38H45N3O4S. The van der Waals surface area contributed by atoms with Crippen LogP contribution >= 0.6 is 0 Å². The second-order valence-corrected chi connectivity index (χ2v) is 13.9. The minimum absolute atomic E-state index is 0.0801. The Balaban J connectivity index is 1.82. The maximum absolute atomic E-state index is 14.6. The molecular weight excluding hydrogens is 595 g/mol. The van der Waals surface area contributed by atoms with Gasteiger partial charge in [-0.25, -0.2) is 8.42 Å². The van der Waals surface area contributed by atoms with Gasteiger partial charge in [-0.3, -0.25) is 13.9 Å².